The van der Waals surface area contributed by atoms with E-state index in [1.165, 1.54) is 11.8 Å². The Morgan fingerprint density at radius 3 is 2.38 bits per heavy atom. The van der Waals surface area contributed by atoms with E-state index in [1.807, 2.05) is 53.3 Å². The maximum atomic E-state index is 13.5. The van der Waals surface area contributed by atoms with Crippen LogP contribution < -0.4 is 15.0 Å². The molecule has 5 rings (SSSR count). The second-order valence-corrected chi connectivity index (χ2v) is 8.44. The number of para-hydroxylation sites is 1. The Labute approximate surface area is 200 Å². The average molecular weight is 471 g/mol. The van der Waals surface area contributed by atoms with E-state index in [9.17, 15) is 4.79 Å². The Morgan fingerprint density at radius 2 is 1.65 bits per heavy atom. The second kappa shape index (κ2) is 9.44. The molecule has 0 N–H and O–H groups in total. The predicted octanol–water partition coefficient (Wildman–Crippen LogP) is 4.88. The van der Waals surface area contributed by atoms with Crippen molar-refractivity contribution in [1.82, 2.24) is 19.3 Å². The van der Waals surface area contributed by atoms with Gasteiger partial charge in [-0.05, 0) is 48.0 Å². The van der Waals surface area contributed by atoms with Gasteiger partial charge in [0.2, 0.25) is 0 Å². The highest BCUT2D eigenvalue weighted by Crippen LogP contribution is 2.31. The molecule has 8 heteroatoms. The van der Waals surface area contributed by atoms with E-state index in [1.54, 1.807) is 43.2 Å². The van der Waals surface area contributed by atoms with Crippen molar-refractivity contribution < 1.29 is 9.47 Å². The van der Waals surface area contributed by atoms with E-state index in [0.717, 1.165) is 11.3 Å². The fourth-order valence-electron chi connectivity index (χ4n) is 3.72. The summed E-state index contributed by atoms with van der Waals surface area (Å²) in [6.07, 6.45) is 3.66. The lowest BCUT2D eigenvalue weighted by Gasteiger charge is -2.15. The maximum absolute atomic E-state index is 13.5. The summed E-state index contributed by atoms with van der Waals surface area (Å²) in [7, 11) is 3.16. The first-order valence-electron chi connectivity index (χ1n) is 10.6. The molecule has 0 saturated carbocycles. The van der Waals surface area contributed by atoms with Gasteiger partial charge in [0, 0.05) is 24.2 Å². The first-order valence-corrected chi connectivity index (χ1v) is 11.6. The molecule has 0 radical (unpaired) electrons. The fraction of sp³-hybridized carbons (Fsp3) is 0.115. The highest BCUT2D eigenvalue weighted by atomic mass is 32.2. The van der Waals surface area contributed by atoms with Gasteiger partial charge in [0.05, 0.1) is 36.5 Å². The largest absolute Gasteiger partial charge is 0.493 e. The van der Waals surface area contributed by atoms with Gasteiger partial charge in [-0.15, -0.1) is 0 Å². The van der Waals surface area contributed by atoms with Crippen LogP contribution in [0.5, 0.6) is 11.5 Å². The Kier molecular flexibility index (Phi) is 6.05. The third-order valence-electron chi connectivity index (χ3n) is 5.44. The van der Waals surface area contributed by atoms with Gasteiger partial charge in [-0.1, -0.05) is 36.0 Å². The quantitative estimate of drug-likeness (QED) is 0.249. The van der Waals surface area contributed by atoms with E-state index in [4.69, 9.17) is 14.5 Å². The summed E-state index contributed by atoms with van der Waals surface area (Å²) >= 11 is 1.51. The van der Waals surface area contributed by atoms with Crippen molar-refractivity contribution in [3.63, 3.8) is 0 Å². The van der Waals surface area contributed by atoms with Crippen molar-refractivity contribution in [2.75, 3.05) is 14.2 Å². The van der Waals surface area contributed by atoms with Gasteiger partial charge in [0.15, 0.2) is 16.7 Å². The fourth-order valence-corrected chi connectivity index (χ4v) is 4.68. The molecule has 34 heavy (non-hydrogen) atoms. The molecule has 0 bridgehead atoms. The maximum Gasteiger partial charge on any atom is 0.266 e. The van der Waals surface area contributed by atoms with E-state index in [0.29, 0.717) is 39.0 Å². The van der Waals surface area contributed by atoms with E-state index < -0.39 is 0 Å². The summed E-state index contributed by atoms with van der Waals surface area (Å²) in [5.41, 5.74) is 3.31. The Balaban J connectivity index is 1.53. The summed E-state index contributed by atoms with van der Waals surface area (Å²) in [6.45, 7) is 0. The molecule has 170 valence electrons. The first-order chi connectivity index (χ1) is 16.7. The second-order valence-electron chi connectivity index (χ2n) is 7.50. The molecule has 0 atom stereocenters. The number of aromatic nitrogens is 4. The van der Waals surface area contributed by atoms with Gasteiger partial charge >= 0.3 is 0 Å². The Hall–Kier alpha value is -4.04. The lowest BCUT2D eigenvalue weighted by atomic mass is 10.2. The Bertz CT molecular complexity index is 1500. The highest BCUT2D eigenvalue weighted by molar-refractivity contribution is 7.98. The molecule has 0 spiro atoms. The van der Waals surface area contributed by atoms with Crippen LogP contribution in [0, 0.1) is 0 Å². The average Bonchev–Trinajstić information content (AvgIpc) is 3.43. The molecule has 0 fully saturated rings. The third-order valence-corrected chi connectivity index (χ3v) is 6.45. The van der Waals surface area contributed by atoms with Gasteiger partial charge in [-0.25, -0.2) is 9.67 Å². The van der Waals surface area contributed by atoms with E-state index >= 15 is 0 Å². The zero-order valence-electron chi connectivity index (χ0n) is 18.7. The van der Waals surface area contributed by atoms with Crippen LogP contribution in [0.4, 0.5) is 0 Å². The van der Waals surface area contributed by atoms with E-state index in [2.05, 4.69) is 17.2 Å². The van der Waals surface area contributed by atoms with Crippen molar-refractivity contribution in [1.29, 1.82) is 0 Å². The van der Waals surface area contributed by atoms with Crippen molar-refractivity contribution in [2.24, 2.45) is 0 Å². The zero-order valence-corrected chi connectivity index (χ0v) is 19.5. The SMILES string of the molecule is COc1ccc(-n2c(SCc3ccc(-n4cccn4)cc3)nc3ccccc3c2=O)cc1OC. The summed E-state index contributed by atoms with van der Waals surface area (Å²) in [5.74, 6) is 1.79. The standard InChI is InChI=1S/C26H22N4O3S/c1-32-23-13-12-20(16-24(23)33-2)30-25(31)21-6-3-4-7-22(21)28-26(30)34-17-18-8-10-19(11-9-18)29-15-5-14-27-29/h3-16H,17H2,1-2H3. The van der Waals surface area contributed by atoms with Gasteiger partial charge in [0.1, 0.15) is 0 Å². The number of rotatable bonds is 7. The van der Waals surface area contributed by atoms with Crippen LogP contribution in [0.3, 0.4) is 0 Å². The molecule has 0 saturated heterocycles. The van der Waals surface area contributed by atoms with Crippen LogP contribution in [-0.4, -0.2) is 33.6 Å². The zero-order chi connectivity index (χ0) is 23.5. The highest BCUT2D eigenvalue weighted by Gasteiger charge is 2.15. The number of benzene rings is 3. The molecule has 0 aliphatic rings. The molecular formula is C26H22N4O3S. The summed E-state index contributed by atoms with van der Waals surface area (Å²) < 4.78 is 14.3. The molecule has 3 aromatic carbocycles. The minimum Gasteiger partial charge on any atom is -0.493 e. The van der Waals surface area contributed by atoms with Crippen LogP contribution in [0.2, 0.25) is 0 Å². The number of hydrogen-bond acceptors (Lipinski definition) is 6. The van der Waals surface area contributed by atoms with Crippen molar-refractivity contribution in [3.05, 3.63) is 101 Å². The molecule has 2 aromatic heterocycles. The molecule has 0 unspecified atom stereocenters. The van der Waals surface area contributed by atoms with Crippen LogP contribution in [0.1, 0.15) is 5.56 Å². The van der Waals surface area contributed by atoms with E-state index in [-0.39, 0.29) is 5.56 Å². The summed E-state index contributed by atoms with van der Waals surface area (Å²) in [5, 5.41) is 5.43. The number of ether oxygens (including phenoxy) is 2. The molecular weight excluding hydrogens is 448 g/mol. The minimum atomic E-state index is -0.130. The van der Waals surface area contributed by atoms with Crippen molar-refractivity contribution in [2.45, 2.75) is 10.9 Å². The van der Waals surface area contributed by atoms with Gasteiger partial charge in [0.25, 0.3) is 5.56 Å². The predicted molar refractivity (Wildman–Crippen MR) is 134 cm³/mol. The van der Waals surface area contributed by atoms with Crippen molar-refractivity contribution >= 4 is 22.7 Å². The lowest BCUT2D eigenvalue weighted by molar-refractivity contribution is 0.354. The number of thioether (sulfide) groups is 1. The molecule has 0 aliphatic carbocycles. The number of fused-ring (bicyclic) bond motifs is 1. The molecule has 5 aromatic rings. The van der Waals surface area contributed by atoms with Gasteiger partial charge < -0.3 is 9.47 Å². The molecule has 0 aliphatic heterocycles. The molecule has 7 nitrogen and oxygen atoms in total. The van der Waals surface area contributed by atoms with Gasteiger partial charge in [-0.2, -0.15) is 5.10 Å². The Morgan fingerprint density at radius 1 is 0.882 bits per heavy atom. The van der Waals surface area contributed by atoms with Crippen LogP contribution in [0.25, 0.3) is 22.3 Å². The monoisotopic (exact) mass is 470 g/mol. The number of methoxy groups -OCH3 is 2. The summed E-state index contributed by atoms with van der Waals surface area (Å²) in [4.78, 5) is 18.3. The van der Waals surface area contributed by atoms with Gasteiger partial charge in [-0.3, -0.25) is 9.36 Å². The normalized spacial score (nSPS) is 11.0. The minimum absolute atomic E-state index is 0.130. The number of hydrogen-bond donors (Lipinski definition) is 0. The van der Waals surface area contributed by atoms with Crippen LogP contribution in [-0.2, 0) is 5.75 Å². The smallest absolute Gasteiger partial charge is 0.266 e. The third kappa shape index (κ3) is 4.15. The van der Waals surface area contributed by atoms with Crippen molar-refractivity contribution in [3.8, 4) is 22.9 Å². The number of nitrogens with zero attached hydrogens (tertiary/aromatic N) is 4. The molecule has 2 heterocycles. The first kappa shape index (κ1) is 21.8. The lowest BCUT2D eigenvalue weighted by Crippen LogP contribution is -2.21. The topological polar surface area (TPSA) is 71.2 Å². The molecule has 0 amide bonds. The van der Waals surface area contributed by atoms with Crippen LogP contribution in [0.15, 0.2) is 95.1 Å². The summed E-state index contributed by atoms with van der Waals surface area (Å²) in [6, 6.07) is 22.9. The van der Waals surface area contributed by atoms with Crippen LogP contribution >= 0.6 is 11.8 Å².